The quantitative estimate of drug-likeness (QED) is 0.395. The molecule has 5 heavy (non-hydrogen) atoms. The van der Waals surface area contributed by atoms with E-state index >= 15 is 0 Å². The second-order valence-electron chi connectivity index (χ2n) is 0.496. The molecule has 0 saturated carbocycles. The number of rotatable bonds is 1. The minimum absolute atomic E-state index is 0.949. The molecule has 0 rings (SSSR count). The predicted octanol–water partition coefficient (Wildman–Crippen LogP) is -0.226. The van der Waals surface area contributed by atoms with Crippen molar-refractivity contribution >= 4 is 8.05 Å². The van der Waals surface area contributed by atoms with Crippen molar-refractivity contribution in [2.75, 3.05) is 0 Å². The second-order valence-corrected chi connectivity index (χ2v) is 0.496. The second kappa shape index (κ2) is 2.14. The van der Waals surface area contributed by atoms with Gasteiger partial charge in [-0.05, 0) is 0 Å². The zero-order chi connectivity index (χ0) is 4.28. The molecule has 1 nitrogen and oxygen atoms in total. The standard InChI is InChI=1S/CH3BF2O/c2-5-1(3)4/h1H,2H2. The Labute approximate surface area is 29.4 Å². The smallest absolute Gasteiger partial charge is 0.331 e. The van der Waals surface area contributed by atoms with E-state index in [0.717, 1.165) is 8.05 Å². The molecule has 0 aliphatic carbocycles. The minimum atomic E-state index is -2.62. The van der Waals surface area contributed by atoms with E-state index in [0.29, 0.717) is 0 Å². The SMILES string of the molecule is BOC(F)F. The Hall–Kier alpha value is -0.115. The molecule has 0 amide bonds. The van der Waals surface area contributed by atoms with Gasteiger partial charge in [0.25, 0.3) is 8.05 Å². The first kappa shape index (κ1) is 4.88. The van der Waals surface area contributed by atoms with Crippen LogP contribution in [-0.2, 0) is 4.65 Å². The summed E-state index contributed by atoms with van der Waals surface area (Å²) in [5.74, 6) is 0. The molecule has 0 saturated heterocycles. The third kappa shape index (κ3) is 3.88. The van der Waals surface area contributed by atoms with Gasteiger partial charge < -0.3 is 4.65 Å². The summed E-state index contributed by atoms with van der Waals surface area (Å²) in [4.78, 5) is 0. The van der Waals surface area contributed by atoms with Crippen LogP contribution < -0.4 is 0 Å². The molecule has 0 aromatic rings. The molecule has 0 aromatic carbocycles. The van der Waals surface area contributed by atoms with Crippen molar-refractivity contribution < 1.29 is 13.4 Å². The van der Waals surface area contributed by atoms with Gasteiger partial charge in [0.15, 0.2) is 0 Å². The van der Waals surface area contributed by atoms with E-state index in [1.807, 2.05) is 0 Å². The van der Waals surface area contributed by atoms with E-state index < -0.39 is 6.61 Å². The van der Waals surface area contributed by atoms with Gasteiger partial charge in [0.05, 0.1) is 0 Å². The Bertz CT molecular complexity index is 23.6. The lowest BCUT2D eigenvalue weighted by atomic mass is 10.6. The van der Waals surface area contributed by atoms with E-state index in [1.165, 1.54) is 0 Å². The van der Waals surface area contributed by atoms with E-state index in [4.69, 9.17) is 0 Å². The third-order valence-corrected chi connectivity index (χ3v) is 0.178. The zero-order valence-corrected chi connectivity index (χ0v) is 2.74. The van der Waals surface area contributed by atoms with Crippen LogP contribution >= 0.6 is 0 Å². The Morgan fingerprint density at radius 2 is 1.80 bits per heavy atom. The van der Waals surface area contributed by atoms with E-state index in [-0.39, 0.29) is 0 Å². The predicted molar refractivity (Wildman–Crippen MR) is 15.6 cm³/mol. The van der Waals surface area contributed by atoms with Crippen LogP contribution in [0.15, 0.2) is 0 Å². The monoisotopic (exact) mass is 80.0 g/mol. The van der Waals surface area contributed by atoms with Crippen LogP contribution in [0.4, 0.5) is 8.78 Å². The number of hydrogen-bond donors (Lipinski definition) is 0. The molecular formula is CH3BF2O. The van der Waals surface area contributed by atoms with Crippen molar-refractivity contribution in [1.82, 2.24) is 0 Å². The van der Waals surface area contributed by atoms with Gasteiger partial charge in [-0.1, -0.05) is 0 Å². The summed E-state index contributed by atoms with van der Waals surface area (Å²) in [5, 5.41) is 0. The van der Waals surface area contributed by atoms with Crippen molar-refractivity contribution in [2.24, 2.45) is 0 Å². The first-order valence-electron chi connectivity index (χ1n) is 1.08. The summed E-state index contributed by atoms with van der Waals surface area (Å²) in [6.45, 7) is -2.62. The summed E-state index contributed by atoms with van der Waals surface area (Å²) in [6.07, 6.45) is 0. The van der Waals surface area contributed by atoms with Crippen LogP contribution in [0, 0.1) is 0 Å². The van der Waals surface area contributed by atoms with Crippen LogP contribution in [0.3, 0.4) is 0 Å². The van der Waals surface area contributed by atoms with Crippen LogP contribution in [0.1, 0.15) is 0 Å². The molecule has 0 N–H and O–H groups in total. The van der Waals surface area contributed by atoms with Crippen molar-refractivity contribution in [1.29, 1.82) is 0 Å². The van der Waals surface area contributed by atoms with Crippen molar-refractivity contribution in [3.8, 4) is 0 Å². The van der Waals surface area contributed by atoms with Crippen molar-refractivity contribution in [3.63, 3.8) is 0 Å². The normalized spacial score (nSPS) is 9.40. The van der Waals surface area contributed by atoms with E-state index in [9.17, 15) is 8.78 Å². The lowest BCUT2D eigenvalue weighted by molar-refractivity contribution is -0.0445. The maximum Gasteiger partial charge on any atom is 0.331 e. The van der Waals surface area contributed by atoms with Crippen LogP contribution in [0.25, 0.3) is 0 Å². The van der Waals surface area contributed by atoms with Crippen LogP contribution in [-0.4, -0.2) is 14.7 Å². The van der Waals surface area contributed by atoms with Gasteiger partial charge in [-0.3, -0.25) is 0 Å². The Morgan fingerprint density at radius 1 is 1.60 bits per heavy atom. The highest BCUT2D eigenvalue weighted by molar-refractivity contribution is 5.97. The topological polar surface area (TPSA) is 9.23 Å². The summed E-state index contributed by atoms with van der Waals surface area (Å²) >= 11 is 0. The summed E-state index contributed by atoms with van der Waals surface area (Å²) in [5.41, 5.74) is 0. The maximum atomic E-state index is 10.5. The van der Waals surface area contributed by atoms with Gasteiger partial charge >= 0.3 is 6.61 Å². The molecule has 0 heterocycles. The molecule has 30 valence electrons. The van der Waals surface area contributed by atoms with Gasteiger partial charge in [-0.15, -0.1) is 0 Å². The highest BCUT2D eigenvalue weighted by atomic mass is 19.3. The Balaban J connectivity index is 2.54. The lowest BCUT2D eigenvalue weighted by Gasteiger charge is -1.86. The first-order valence-corrected chi connectivity index (χ1v) is 1.08. The van der Waals surface area contributed by atoms with Gasteiger partial charge in [-0.2, -0.15) is 8.78 Å². The molecule has 4 heteroatoms. The molecule has 0 bridgehead atoms. The number of halogens is 2. The average molecular weight is 79.8 g/mol. The zero-order valence-electron chi connectivity index (χ0n) is 2.74. The molecule has 0 aliphatic heterocycles. The minimum Gasteiger partial charge on any atom is -0.393 e. The first-order chi connectivity index (χ1) is 2.27. The van der Waals surface area contributed by atoms with E-state index in [2.05, 4.69) is 4.65 Å². The van der Waals surface area contributed by atoms with Crippen LogP contribution in [0.5, 0.6) is 0 Å². The van der Waals surface area contributed by atoms with Gasteiger partial charge in [0, 0.05) is 0 Å². The summed E-state index contributed by atoms with van der Waals surface area (Å²) < 4.78 is 24.5. The summed E-state index contributed by atoms with van der Waals surface area (Å²) in [7, 11) is 0.949. The molecule has 0 aromatic heterocycles. The molecule has 0 atom stereocenters. The lowest BCUT2D eigenvalue weighted by Crippen LogP contribution is -1.91. The van der Waals surface area contributed by atoms with Crippen molar-refractivity contribution in [3.05, 3.63) is 0 Å². The largest absolute Gasteiger partial charge is 0.393 e. The van der Waals surface area contributed by atoms with Crippen molar-refractivity contribution in [2.45, 2.75) is 6.61 Å². The van der Waals surface area contributed by atoms with E-state index in [1.54, 1.807) is 0 Å². The number of alkyl halides is 2. The fourth-order valence-electron chi connectivity index (χ4n) is 0. The third-order valence-electron chi connectivity index (χ3n) is 0.178. The highest BCUT2D eigenvalue weighted by Crippen LogP contribution is 1.86. The molecule has 0 spiro atoms. The fourth-order valence-corrected chi connectivity index (χ4v) is 0. The van der Waals surface area contributed by atoms with Gasteiger partial charge in [0.2, 0.25) is 0 Å². The fraction of sp³-hybridized carbons (Fsp3) is 1.00. The molecule has 0 aliphatic rings. The Morgan fingerprint density at radius 3 is 1.80 bits per heavy atom. The van der Waals surface area contributed by atoms with Gasteiger partial charge in [0.1, 0.15) is 0 Å². The molecule has 0 fully saturated rings. The van der Waals surface area contributed by atoms with Gasteiger partial charge in [-0.25, -0.2) is 0 Å². The summed E-state index contributed by atoms with van der Waals surface area (Å²) in [6, 6.07) is 0. The molecule has 0 unspecified atom stereocenters. The highest BCUT2D eigenvalue weighted by Gasteiger charge is 1.90. The average Bonchev–Trinajstić information content (AvgIpc) is 1.38. The molecule has 0 radical (unpaired) electrons. The van der Waals surface area contributed by atoms with Crippen LogP contribution in [0.2, 0.25) is 0 Å². The maximum absolute atomic E-state index is 10.5. The number of hydrogen-bond acceptors (Lipinski definition) is 1. The Kier molecular flexibility index (Phi) is 2.09. The molecular weight excluding hydrogens is 76.8 g/mol.